The van der Waals surface area contributed by atoms with Crippen LogP contribution in [-0.2, 0) is 9.59 Å². The Hall–Kier alpha value is -2.60. The normalized spacial score (nSPS) is 12.1. The maximum absolute atomic E-state index is 9.99. The number of aliphatic carboxylic acids is 2. The highest BCUT2D eigenvalue weighted by Gasteiger charge is 2.11. The minimum absolute atomic E-state index is 0.148. The van der Waals surface area contributed by atoms with Crippen molar-refractivity contribution in [2.24, 2.45) is 22.9 Å². The van der Waals surface area contributed by atoms with Gasteiger partial charge in [-0.05, 0) is 0 Å². The van der Waals surface area contributed by atoms with Gasteiger partial charge >= 0.3 is 24.0 Å². The van der Waals surface area contributed by atoms with Crippen molar-refractivity contribution in [3.8, 4) is 0 Å². The van der Waals surface area contributed by atoms with E-state index in [2.05, 4.69) is 22.1 Å². The molecule has 0 aromatic rings. The van der Waals surface area contributed by atoms with E-state index in [0.29, 0.717) is 0 Å². The molecule has 0 bridgehead atoms. The minimum Gasteiger partial charge on any atom is -0.480 e. The van der Waals surface area contributed by atoms with Crippen LogP contribution in [0.5, 0.6) is 0 Å². The van der Waals surface area contributed by atoms with Crippen LogP contribution < -0.4 is 33.6 Å². The number of rotatable bonds is 6. The van der Waals surface area contributed by atoms with Crippen LogP contribution in [0.15, 0.2) is 0 Å². The van der Waals surface area contributed by atoms with E-state index < -0.39 is 36.1 Å². The highest BCUT2D eigenvalue weighted by Crippen LogP contribution is 1.74. The molecule has 0 heterocycles. The first-order valence-electron chi connectivity index (χ1n) is 5.11. The maximum Gasteiger partial charge on any atom is 0.322 e. The zero-order chi connectivity index (χ0) is 16.3. The summed E-state index contributed by atoms with van der Waals surface area (Å²) in [6.07, 6.45) is 0. The van der Waals surface area contributed by atoms with Crippen molar-refractivity contribution in [1.82, 2.24) is 10.6 Å². The van der Waals surface area contributed by atoms with Crippen molar-refractivity contribution in [3.63, 3.8) is 0 Å². The van der Waals surface area contributed by atoms with Gasteiger partial charge in [-0.2, -0.15) is 0 Å². The predicted octanol–water partition coefficient (Wildman–Crippen LogP) is -3.87. The molecule has 12 nitrogen and oxygen atoms in total. The largest absolute Gasteiger partial charge is 0.480 e. The van der Waals surface area contributed by atoms with Gasteiger partial charge in [0.2, 0.25) is 0 Å². The monoisotopic (exact) mass is 294 g/mol. The number of hydrogen-bond acceptors (Lipinski definition) is 6. The highest BCUT2D eigenvalue weighted by molar-refractivity contribution is 5.76. The first kappa shape index (κ1) is 19.7. The van der Waals surface area contributed by atoms with Crippen molar-refractivity contribution < 1.29 is 29.4 Å². The van der Waals surface area contributed by atoms with E-state index in [1.165, 1.54) is 0 Å². The second-order valence-electron chi connectivity index (χ2n) is 3.38. The quantitative estimate of drug-likeness (QED) is 0.240. The maximum atomic E-state index is 9.99. The van der Waals surface area contributed by atoms with Gasteiger partial charge in [0.05, 0.1) is 0 Å². The minimum atomic E-state index is -1.17. The summed E-state index contributed by atoms with van der Waals surface area (Å²) in [6.45, 7) is -0.296. The van der Waals surface area contributed by atoms with Crippen LogP contribution >= 0.6 is 0 Å². The summed E-state index contributed by atoms with van der Waals surface area (Å²) in [5, 5.41) is 20.5. The number of carboxylic acids is 2. The van der Waals surface area contributed by atoms with Crippen LogP contribution in [-0.4, -0.2) is 59.4 Å². The highest BCUT2D eigenvalue weighted by atomic mass is 16.4. The number of urea groups is 2. The lowest BCUT2D eigenvalue weighted by atomic mass is 10.3. The predicted molar refractivity (Wildman–Crippen MR) is 66.4 cm³/mol. The average molecular weight is 294 g/mol. The van der Waals surface area contributed by atoms with Gasteiger partial charge < -0.3 is 43.8 Å². The van der Waals surface area contributed by atoms with Crippen molar-refractivity contribution in [3.05, 3.63) is 0 Å². The van der Waals surface area contributed by atoms with Gasteiger partial charge in [-0.3, -0.25) is 9.59 Å². The van der Waals surface area contributed by atoms with E-state index in [4.69, 9.17) is 21.7 Å². The molecule has 12 heteroatoms. The third-order valence-electron chi connectivity index (χ3n) is 1.63. The van der Waals surface area contributed by atoms with Crippen molar-refractivity contribution in [2.45, 2.75) is 12.1 Å². The van der Waals surface area contributed by atoms with Gasteiger partial charge in [0, 0.05) is 13.1 Å². The number of hydrogen-bond donors (Lipinski definition) is 8. The molecule has 0 aliphatic rings. The smallest absolute Gasteiger partial charge is 0.322 e. The second-order valence-corrected chi connectivity index (χ2v) is 3.38. The van der Waals surface area contributed by atoms with E-state index in [-0.39, 0.29) is 13.1 Å². The van der Waals surface area contributed by atoms with E-state index in [0.717, 1.165) is 0 Å². The molecule has 0 saturated carbocycles. The van der Waals surface area contributed by atoms with Crippen LogP contribution in [0.4, 0.5) is 9.59 Å². The summed E-state index contributed by atoms with van der Waals surface area (Å²) in [6, 6.07) is -3.74. The van der Waals surface area contributed by atoms with Gasteiger partial charge in [-0.1, -0.05) is 0 Å². The Morgan fingerprint density at radius 1 is 0.800 bits per heavy atom. The molecule has 0 unspecified atom stereocenters. The van der Waals surface area contributed by atoms with Crippen molar-refractivity contribution in [1.29, 1.82) is 0 Å². The molecule has 0 spiro atoms. The van der Waals surface area contributed by atoms with Gasteiger partial charge in [0.25, 0.3) is 0 Å². The third-order valence-corrected chi connectivity index (χ3v) is 1.63. The first-order valence-corrected chi connectivity index (χ1v) is 5.11. The van der Waals surface area contributed by atoms with E-state index in [9.17, 15) is 19.2 Å². The molecule has 0 aromatic carbocycles. The summed E-state index contributed by atoms with van der Waals surface area (Å²) < 4.78 is 0. The Bertz CT molecular complexity index is 327. The number of nitrogens with two attached hydrogens (primary N) is 4. The molecule has 0 saturated heterocycles. The Labute approximate surface area is 113 Å². The number of amides is 4. The lowest BCUT2D eigenvalue weighted by Gasteiger charge is -2.04. The zero-order valence-corrected chi connectivity index (χ0v) is 10.4. The van der Waals surface area contributed by atoms with E-state index >= 15 is 0 Å². The summed E-state index contributed by atoms with van der Waals surface area (Å²) in [4.78, 5) is 40.0. The molecule has 12 N–H and O–H groups in total. The molecule has 20 heavy (non-hydrogen) atoms. The fourth-order valence-corrected chi connectivity index (χ4v) is 0.596. The van der Waals surface area contributed by atoms with Crippen LogP contribution in [0.1, 0.15) is 0 Å². The molecular weight excluding hydrogens is 276 g/mol. The molecule has 0 fully saturated rings. The van der Waals surface area contributed by atoms with E-state index in [1.54, 1.807) is 0 Å². The number of carbonyl (C=O) groups is 4. The molecule has 0 aromatic heterocycles. The summed E-state index contributed by atoms with van der Waals surface area (Å²) >= 11 is 0. The molecule has 0 radical (unpaired) electrons. The molecular formula is C8H18N6O6. The fraction of sp³-hybridized carbons (Fsp3) is 0.500. The second kappa shape index (κ2) is 10.3. The van der Waals surface area contributed by atoms with Crippen LogP contribution in [0.2, 0.25) is 0 Å². The Morgan fingerprint density at radius 3 is 1.20 bits per heavy atom. The zero-order valence-electron chi connectivity index (χ0n) is 10.4. The molecule has 0 aliphatic heterocycles. The molecule has 116 valence electrons. The third kappa shape index (κ3) is 13.5. The summed E-state index contributed by atoms with van der Waals surface area (Å²) in [5.41, 5.74) is 19.3. The SMILES string of the molecule is NC(=O)NC[C@H](N)C(=O)O.NC(=O)NC[C@H](N)C(=O)O. The Balaban J connectivity index is 0. The fourth-order valence-electron chi connectivity index (χ4n) is 0.596. The lowest BCUT2D eigenvalue weighted by molar-refractivity contribution is -0.139. The Kier molecular flexibility index (Phi) is 10.2. The number of carbonyl (C=O) groups excluding carboxylic acids is 2. The summed E-state index contributed by atoms with van der Waals surface area (Å²) in [7, 11) is 0. The number of carboxylic acid groups (broad SMARTS) is 2. The first-order chi connectivity index (χ1) is 9.07. The lowest BCUT2D eigenvalue weighted by Crippen LogP contribution is -2.44. The Morgan fingerprint density at radius 2 is 1.05 bits per heavy atom. The van der Waals surface area contributed by atoms with Crippen molar-refractivity contribution >= 4 is 24.0 Å². The molecule has 0 rings (SSSR count). The van der Waals surface area contributed by atoms with Crippen LogP contribution in [0.3, 0.4) is 0 Å². The van der Waals surface area contributed by atoms with Crippen LogP contribution in [0, 0.1) is 0 Å². The van der Waals surface area contributed by atoms with Gasteiger partial charge in [0.15, 0.2) is 0 Å². The molecule has 0 aliphatic carbocycles. The average Bonchev–Trinajstić information content (AvgIpc) is 2.33. The topological polar surface area (TPSA) is 237 Å². The number of primary amides is 2. The van der Waals surface area contributed by atoms with Gasteiger partial charge in [0.1, 0.15) is 12.1 Å². The van der Waals surface area contributed by atoms with Gasteiger partial charge in [-0.15, -0.1) is 0 Å². The molecule has 2 atom stereocenters. The van der Waals surface area contributed by atoms with Crippen molar-refractivity contribution in [2.75, 3.05) is 13.1 Å². The van der Waals surface area contributed by atoms with Crippen LogP contribution in [0.25, 0.3) is 0 Å². The van der Waals surface area contributed by atoms with E-state index in [1.807, 2.05) is 0 Å². The standard InChI is InChI=1S/2C4H9N3O3/c2*5-2(3(8)9)1-7-4(6)10/h2*2H,1,5H2,(H,8,9)(H3,6,7,10)/t2*2-/m00/s1. The summed E-state index contributed by atoms with van der Waals surface area (Å²) in [5.74, 6) is -2.34. The van der Waals surface area contributed by atoms with Gasteiger partial charge in [-0.25, -0.2) is 9.59 Å². The molecule has 4 amide bonds. The number of nitrogens with one attached hydrogen (secondary N) is 2.